The summed E-state index contributed by atoms with van der Waals surface area (Å²) in [5.41, 5.74) is 1.63. The van der Waals surface area contributed by atoms with Crippen LogP contribution in [0.1, 0.15) is 25.8 Å². The number of para-hydroxylation sites is 1. The Balaban J connectivity index is 1.95. The number of ether oxygens (including phenoxy) is 2. The zero-order valence-electron chi connectivity index (χ0n) is 12.2. The summed E-state index contributed by atoms with van der Waals surface area (Å²) in [5, 5.41) is 3.46. The summed E-state index contributed by atoms with van der Waals surface area (Å²) in [7, 11) is 1.74. The summed E-state index contributed by atoms with van der Waals surface area (Å²) in [4.78, 5) is 0. The van der Waals surface area contributed by atoms with Gasteiger partial charge in [0.1, 0.15) is 5.75 Å². The molecule has 1 aliphatic rings. The minimum Gasteiger partial charge on any atom is -0.494 e. The third kappa shape index (κ3) is 3.28. The largest absolute Gasteiger partial charge is 0.494 e. The van der Waals surface area contributed by atoms with Gasteiger partial charge in [0.25, 0.3) is 0 Å². The Morgan fingerprint density at radius 3 is 2.89 bits per heavy atom. The van der Waals surface area contributed by atoms with E-state index in [1.54, 1.807) is 7.11 Å². The SMILES string of the molecule is CCOc1ccccc1C1(C)CC1CNCCOC. The van der Waals surface area contributed by atoms with Crippen molar-refractivity contribution in [3.05, 3.63) is 29.8 Å². The Bertz CT molecular complexity index is 407. The highest BCUT2D eigenvalue weighted by Gasteiger charge is 2.51. The first-order valence-electron chi connectivity index (χ1n) is 7.14. The third-order valence-electron chi connectivity index (χ3n) is 4.09. The molecule has 0 saturated heterocycles. The second kappa shape index (κ2) is 6.40. The van der Waals surface area contributed by atoms with Gasteiger partial charge in [-0.15, -0.1) is 0 Å². The molecule has 2 atom stereocenters. The maximum absolute atomic E-state index is 5.75. The number of nitrogens with one attached hydrogen (secondary N) is 1. The summed E-state index contributed by atoms with van der Waals surface area (Å²) in [6.45, 7) is 7.86. The lowest BCUT2D eigenvalue weighted by Gasteiger charge is -2.17. The molecular formula is C16H25NO2. The predicted molar refractivity (Wildman–Crippen MR) is 77.8 cm³/mol. The Morgan fingerprint density at radius 1 is 1.37 bits per heavy atom. The summed E-state index contributed by atoms with van der Waals surface area (Å²) in [6.07, 6.45) is 1.23. The van der Waals surface area contributed by atoms with Crippen LogP contribution in [0.2, 0.25) is 0 Å². The second-order valence-electron chi connectivity index (χ2n) is 5.44. The molecule has 106 valence electrons. The van der Waals surface area contributed by atoms with Crippen molar-refractivity contribution < 1.29 is 9.47 Å². The van der Waals surface area contributed by atoms with Crippen molar-refractivity contribution in [2.75, 3.05) is 33.4 Å². The first kappa shape index (κ1) is 14.4. The standard InChI is InChI=1S/C16H25NO2/c1-4-19-15-8-6-5-7-14(15)16(2)11-13(16)12-17-9-10-18-3/h5-8,13,17H,4,9-12H2,1-3H3. The molecule has 3 heteroatoms. The van der Waals surface area contributed by atoms with E-state index in [1.807, 2.05) is 13.0 Å². The van der Waals surface area contributed by atoms with E-state index in [2.05, 4.69) is 30.4 Å². The fourth-order valence-electron chi connectivity index (χ4n) is 2.75. The van der Waals surface area contributed by atoms with Crippen LogP contribution in [0.15, 0.2) is 24.3 Å². The van der Waals surface area contributed by atoms with Gasteiger partial charge >= 0.3 is 0 Å². The molecule has 1 aromatic rings. The normalized spacial score (nSPS) is 25.3. The quantitative estimate of drug-likeness (QED) is 0.731. The number of benzene rings is 1. The van der Waals surface area contributed by atoms with E-state index in [4.69, 9.17) is 9.47 Å². The highest BCUT2D eigenvalue weighted by molar-refractivity contribution is 5.44. The van der Waals surface area contributed by atoms with Crippen LogP contribution >= 0.6 is 0 Å². The van der Waals surface area contributed by atoms with Crippen molar-refractivity contribution in [2.24, 2.45) is 5.92 Å². The van der Waals surface area contributed by atoms with Crippen molar-refractivity contribution >= 4 is 0 Å². The van der Waals surface area contributed by atoms with E-state index >= 15 is 0 Å². The molecule has 2 unspecified atom stereocenters. The van der Waals surface area contributed by atoms with Gasteiger partial charge in [0.2, 0.25) is 0 Å². The van der Waals surface area contributed by atoms with Crippen molar-refractivity contribution in [2.45, 2.75) is 25.7 Å². The van der Waals surface area contributed by atoms with Gasteiger partial charge in [-0.3, -0.25) is 0 Å². The van der Waals surface area contributed by atoms with Crippen LogP contribution in [0, 0.1) is 5.92 Å². The molecule has 1 aliphatic carbocycles. The molecule has 0 heterocycles. The lowest BCUT2D eigenvalue weighted by Crippen LogP contribution is -2.24. The maximum Gasteiger partial charge on any atom is 0.123 e. The van der Waals surface area contributed by atoms with Gasteiger partial charge < -0.3 is 14.8 Å². The molecule has 0 aromatic heterocycles. The molecule has 19 heavy (non-hydrogen) atoms. The van der Waals surface area contributed by atoms with Crippen LogP contribution in [0.25, 0.3) is 0 Å². The lowest BCUT2D eigenvalue weighted by atomic mass is 9.94. The zero-order valence-corrected chi connectivity index (χ0v) is 12.2. The minimum atomic E-state index is 0.270. The van der Waals surface area contributed by atoms with E-state index < -0.39 is 0 Å². The van der Waals surface area contributed by atoms with Gasteiger partial charge in [-0.1, -0.05) is 25.1 Å². The van der Waals surface area contributed by atoms with Gasteiger partial charge in [0, 0.05) is 24.6 Å². The first-order chi connectivity index (χ1) is 9.22. The predicted octanol–water partition coefficient (Wildman–Crippen LogP) is 2.60. The Hall–Kier alpha value is -1.06. The lowest BCUT2D eigenvalue weighted by molar-refractivity contribution is 0.199. The highest BCUT2D eigenvalue weighted by atomic mass is 16.5. The number of hydrogen-bond acceptors (Lipinski definition) is 3. The number of methoxy groups -OCH3 is 1. The second-order valence-corrected chi connectivity index (χ2v) is 5.44. The molecule has 0 aliphatic heterocycles. The summed E-state index contributed by atoms with van der Waals surface area (Å²) < 4.78 is 10.8. The molecule has 1 fully saturated rings. The van der Waals surface area contributed by atoms with Gasteiger partial charge in [0.15, 0.2) is 0 Å². The molecule has 2 rings (SSSR count). The summed E-state index contributed by atoms with van der Waals surface area (Å²) in [6, 6.07) is 8.45. The molecule has 0 radical (unpaired) electrons. The smallest absolute Gasteiger partial charge is 0.123 e. The Kier molecular flexibility index (Phi) is 4.83. The van der Waals surface area contributed by atoms with Crippen LogP contribution in [0.5, 0.6) is 5.75 Å². The van der Waals surface area contributed by atoms with Crippen LogP contribution in [-0.2, 0) is 10.2 Å². The van der Waals surface area contributed by atoms with Gasteiger partial charge in [-0.05, 0) is 31.9 Å². The maximum atomic E-state index is 5.75. The fourth-order valence-corrected chi connectivity index (χ4v) is 2.75. The fraction of sp³-hybridized carbons (Fsp3) is 0.625. The zero-order chi connectivity index (χ0) is 13.7. The molecular weight excluding hydrogens is 238 g/mol. The monoisotopic (exact) mass is 263 g/mol. The number of hydrogen-bond donors (Lipinski definition) is 1. The highest BCUT2D eigenvalue weighted by Crippen LogP contribution is 2.55. The number of rotatable bonds is 8. The average Bonchev–Trinajstić information content (AvgIpc) is 3.08. The molecule has 0 amide bonds. The van der Waals surface area contributed by atoms with E-state index in [0.29, 0.717) is 5.92 Å². The first-order valence-corrected chi connectivity index (χ1v) is 7.14. The summed E-state index contributed by atoms with van der Waals surface area (Å²) >= 11 is 0. The van der Waals surface area contributed by atoms with Crippen LogP contribution in [0.4, 0.5) is 0 Å². The van der Waals surface area contributed by atoms with E-state index in [9.17, 15) is 0 Å². The molecule has 1 N–H and O–H groups in total. The van der Waals surface area contributed by atoms with Crippen LogP contribution in [-0.4, -0.2) is 33.4 Å². The van der Waals surface area contributed by atoms with Gasteiger partial charge in [-0.2, -0.15) is 0 Å². The average molecular weight is 263 g/mol. The summed E-state index contributed by atoms with van der Waals surface area (Å²) in [5.74, 6) is 1.75. The minimum absolute atomic E-state index is 0.270. The Morgan fingerprint density at radius 2 is 2.16 bits per heavy atom. The van der Waals surface area contributed by atoms with Gasteiger partial charge in [0.05, 0.1) is 13.2 Å². The molecule has 1 aromatic carbocycles. The molecule has 0 spiro atoms. The molecule has 1 saturated carbocycles. The van der Waals surface area contributed by atoms with E-state index in [1.165, 1.54) is 12.0 Å². The van der Waals surface area contributed by atoms with Crippen LogP contribution < -0.4 is 10.1 Å². The topological polar surface area (TPSA) is 30.5 Å². The van der Waals surface area contributed by atoms with E-state index in [-0.39, 0.29) is 5.41 Å². The molecule has 0 bridgehead atoms. The van der Waals surface area contributed by atoms with Crippen LogP contribution in [0.3, 0.4) is 0 Å². The van der Waals surface area contributed by atoms with Crippen molar-refractivity contribution in [1.82, 2.24) is 5.32 Å². The van der Waals surface area contributed by atoms with Crippen molar-refractivity contribution in [3.8, 4) is 5.75 Å². The van der Waals surface area contributed by atoms with Gasteiger partial charge in [-0.25, -0.2) is 0 Å². The van der Waals surface area contributed by atoms with Crippen molar-refractivity contribution in [1.29, 1.82) is 0 Å². The van der Waals surface area contributed by atoms with E-state index in [0.717, 1.165) is 32.1 Å². The van der Waals surface area contributed by atoms with Crippen molar-refractivity contribution in [3.63, 3.8) is 0 Å². The third-order valence-corrected chi connectivity index (χ3v) is 4.09. The Labute approximate surface area is 116 Å². The molecule has 3 nitrogen and oxygen atoms in total.